The molecule has 0 N–H and O–H groups in total. The molecule has 0 nitrogen and oxygen atoms in total. The Morgan fingerprint density at radius 1 is 1.00 bits per heavy atom. The molecule has 0 fully saturated rings. The molecule has 0 bridgehead atoms. The second-order valence-corrected chi connectivity index (χ2v) is 0. The third-order valence-electron chi connectivity index (χ3n) is 0. The predicted octanol–water partition coefficient (Wildman–Crippen LogP) is -0.386. The average molecular weight is 269 g/mol. The van der Waals surface area contributed by atoms with E-state index in [9.17, 15) is 0 Å². The molecule has 0 unspecified atom stereocenters. The maximum Gasteiger partial charge on any atom is 0 e. The summed E-state index contributed by atoms with van der Waals surface area (Å²) in [6.45, 7) is 0. The van der Waals surface area contributed by atoms with Gasteiger partial charge in [-0.1, -0.05) is 0 Å². The van der Waals surface area contributed by atoms with Crippen molar-refractivity contribution in [1.82, 2.24) is 0 Å². The molecule has 0 aromatic carbocycles. The van der Waals surface area contributed by atoms with Gasteiger partial charge in [-0.25, -0.2) is 0 Å². The molecule has 0 spiro atoms. The summed E-state index contributed by atoms with van der Waals surface area (Å²) in [5, 5.41) is 0. The Morgan fingerprint density at radius 3 is 1.00 bits per heavy atom. The van der Waals surface area contributed by atoms with Crippen molar-refractivity contribution in [1.29, 1.82) is 0 Å². The summed E-state index contributed by atoms with van der Waals surface area (Å²) in [7, 11) is 0. The van der Waals surface area contributed by atoms with Gasteiger partial charge in [0.1, 0.15) is 0 Å². The summed E-state index contributed by atoms with van der Waals surface area (Å²) in [6, 6.07) is 0. The molecule has 26 valence electrons. The van der Waals surface area contributed by atoms with Crippen molar-refractivity contribution >= 4 is 8.41 Å². The van der Waals surface area contributed by atoms with E-state index in [0.29, 0.717) is 0 Å². The fourth-order valence-electron chi connectivity index (χ4n) is 0. The smallest absolute Gasteiger partial charge is 0 e. The van der Waals surface area contributed by atoms with Crippen molar-refractivity contribution < 1.29 is 75.0 Å². The summed E-state index contributed by atoms with van der Waals surface area (Å²) in [6.07, 6.45) is 0. The Labute approximate surface area is 81.9 Å². The van der Waals surface area contributed by atoms with E-state index in [2.05, 4.69) is 0 Å². The molecule has 0 aliphatic rings. The fourth-order valence-corrected chi connectivity index (χ4v) is 0. The normalized spacial score (nSPS) is 0. The summed E-state index contributed by atoms with van der Waals surface area (Å²) >= 11 is 0. The van der Waals surface area contributed by atoms with Crippen LogP contribution < -0.4 is 0 Å². The van der Waals surface area contributed by atoms with E-state index in [1.54, 1.807) is 0 Å². The van der Waals surface area contributed by atoms with Gasteiger partial charge in [0.15, 0.2) is 0 Å². The fraction of sp³-hybridized carbons (Fsp3) is 0. The molecule has 4 heavy (non-hydrogen) atoms. The van der Waals surface area contributed by atoms with E-state index < -0.39 is 0 Å². The predicted molar refractivity (Wildman–Crippen MR) is 5.75 cm³/mol. The molecule has 0 heterocycles. The molecule has 4 radical (unpaired) electrons. The average Bonchev–Trinajstić information content (AvgIpc) is 0. The van der Waals surface area contributed by atoms with E-state index in [4.69, 9.17) is 0 Å². The Bertz CT molecular complexity index is 8.00. The van der Waals surface area contributed by atoms with Crippen LogP contribution in [0.4, 0.5) is 0 Å². The van der Waals surface area contributed by atoms with Crippen molar-refractivity contribution in [3.05, 3.63) is 0 Å². The van der Waals surface area contributed by atoms with Gasteiger partial charge in [-0.3, -0.25) is 0 Å². The molecular weight excluding hydrogens is 269 g/mol. The first-order chi connectivity index (χ1) is 0. The molecular formula is BCeCoNi. The summed E-state index contributed by atoms with van der Waals surface area (Å²) < 4.78 is 0. The summed E-state index contributed by atoms with van der Waals surface area (Å²) in [5.41, 5.74) is 0. The second-order valence-electron chi connectivity index (χ2n) is 0. The zero-order valence-electron chi connectivity index (χ0n) is 1.73. The topological polar surface area (TPSA) is 0 Å². The van der Waals surface area contributed by atoms with E-state index in [1.165, 1.54) is 0 Å². The molecule has 0 aromatic rings. The van der Waals surface area contributed by atoms with E-state index in [0.717, 1.165) is 0 Å². The van der Waals surface area contributed by atoms with Crippen LogP contribution in [0.1, 0.15) is 0 Å². The minimum Gasteiger partial charge on any atom is 0 e. The van der Waals surface area contributed by atoms with E-state index >= 15 is 0 Å². The van der Waals surface area contributed by atoms with Gasteiger partial charge in [0, 0.05) is 83.4 Å². The number of hydrogen-bond donors (Lipinski definition) is 0. The van der Waals surface area contributed by atoms with Gasteiger partial charge in [0.05, 0.1) is 0 Å². The molecule has 0 saturated heterocycles. The minimum atomic E-state index is 0. The van der Waals surface area contributed by atoms with Crippen molar-refractivity contribution in [3.8, 4) is 0 Å². The van der Waals surface area contributed by atoms with Crippen molar-refractivity contribution in [2.24, 2.45) is 0 Å². The van der Waals surface area contributed by atoms with Gasteiger partial charge >= 0.3 is 0 Å². The molecule has 0 aliphatic carbocycles. The first-order valence-electron chi connectivity index (χ1n) is 0. The number of hydrogen-bond acceptors (Lipinski definition) is 0. The zero-order chi connectivity index (χ0) is 0. The van der Waals surface area contributed by atoms with Crippen LogP contribution >= 0.6 is 0 Å². The van der Waals surface area contributed by atoms with Crippen LogP contribution in [0.3, 0.4) is 0 Å². The van der Waals surface area contributed by atoms with Crippen molar-refractivity contribution in [2.75, 3.05) is 0 Å². The van der Waals surface area contributed by atoms with Crippen LogP contribution in [0.15, 0.2) is 0 Å². The van der Waals surface area contributed by atoms with E-state index in [-0.39, 0.29) is 83.4 Å². The Balaban J connectivity index is 0. The van der Waals surface area contributed by atoms with Crippen LogP contribution in [0, 0.1) is 41.7 Å². The standard InChI is InChI=1S/B.Ce.Co.Ni. The van der Waals surface area contributed by atoms with Gasteiger partial charge < -0.3 is 0 Å². The molecule has 0 aromatic heterocycles. The largest absolute Gasteiger partial charge is 0 e. The third-order valence-corrected chi connectivity index (χ3v) is 0. The first-order valence-corrected chi connectivity index (χ1v) is 0. The molecule has 4 heteroatoms. The van der Waals surface area contributed by atoms with Gasteiger partial charge in [-0.15, -0.1) is 0 Å². The second kappa shape index (κ2) is 18.0. The maximum atomic E-state index is 0. The zero-order valence-corrected chi connectivity index (χ0v) is 6.90. The Morgan fingerprint density at radius 2 is 1.00 bits per heavy atom. The molecule has 0 amide bonds. The van der Waals surface area contributed by atoms with Crippen LogP contribution in [-0.2, 0) is 33.3 Å². The van der Waals surface area contributed by atoms with Crippen molar-refractivity contribution in [2.45, 2.75) is 0 Å². The Kier molecular flexibility index (Phi) is 144. The van der Waals surface area contributed by atoms with Gasteiger partial charge in [-0.05, 0) is 0 Å². The maximum absolute atomic E-state index is 0. The quantitative estimate of drug-likeness (QED) is 0.525. The van der Waals surface area contributed by atoms with Gasteiger partial charge in [0.25, 0.3) is 0 Å². The van der Waals surface area contributed by atoms with Gasteiger partial charge in [0.2, 0.25) is 0 Å². The SMILES string of the molecule is [B].[Ce].[Co].[Ni]. The minimum absolute atomic E-state index is 0. The van der Waals surface area contributed by atoms with E-state index in [1.807, 2.05) is 0 Å². The molecule has 0 rings (SSSR count). The van der Waals surface area contributed by atoms with Crippen LogP contribution in [0.2, 0.25) is 0 Å². The molecule has 0 saturated carbocycles. The first kappa shape index (κ1) is 32.0. The third kappa shape index (κ3) is 8.82. The number of rotatable bonds is 0. The summed E-state index contributed by atoms with van der Waals surface area (Å²) in [5.74, 6) is 0. The van der Waals surface area contributed by atoms with Crippen LogP contribution in [-0.4, -0.2) is 8.41 Å². The van der Waals surface area contributed by atoms with Crippen LogP contribution in [0.5, 0.6) is 0 Å². The van der Waals surface area contributed by atoms with Gasteiger partial charge in [-0.2, -0.15) is 0 Å². The molecule has 0 aliphatic heterocycles. The summed E-state index contributed by atoms with van der Waals surface area (Å²) in [4.78, 5) is 0. The monoisotopic (exact) mass is 268 g/mol. The Hall–Kier alpha value is 2.44. The van der Waals surface area contributed by atoms with Crippen molar-refractivity contribution in [3.63, 3.8) is 0 Å². The molecule has 0 atom stereocenters. The van der Waals surface area contributed by atoms with Crippen LogP contribution in [0.25, 0.3) is 0 Å².